The molecule has 0 amide bonds. The van der Waals surface area contributed by atoms with Crippen molar-refractivity contribution in [3.8, 4) is 51.3 Å². The van der Waals surface area contributed by atoms with Crippen molar-refractivity contribution in [3.05, 3.63) is 192 Å². The largest absolute Gasteiger partial charge is 0.458 e. The molecule has 7 heteroatoms. The van der Waals surface area contributed by atoms with Gasteiger partial charge in [0.2, 0.25) is 0 Å². The van der Waals surface area contributed by atoms with Crippen molar-refractivity contribution >= 4 is 62.0 Å². The molecule has 0 saturated heterocycles. The molecule has 2 aliphatic heterocycles. The highest BCUT2D eigenvalue weighted by molar-refractivity contribution is 6.99. The number of anilines is 3. The van der Waals surface area contributed by atoms with Crippen LogP contribution in [0.4, 0.5) is 17.1 Å². The fourth-order valence-corrected chi connectivity index (χ4v) is 11.7. The molecule has 0 N–H and O–H groups in total. The summed E-state index contributed by atoms with van der Waals surface area (Å²) in [6.45, 7) is 34.1. The van der Waals surface area contributed by atoms with Gasteiger partial charge in [0.1, 0.15) is 11.5 Å². The normalized spacial score (nSPS) is 13.6. The lowest BCUT2D eigenvalue weighted by atomic mass is 9.33. The van der Waals surface area contributed by atoms with E-state index in [0.717, 1.165) is 67.1 Å². The molecule has 10 aromatic rings. The molecule has 0 spiro atoms. The zero-order valence-electron chi connectivity index (χ0n) is 48.3. The van der Waals surface area contributed by atoms with Gasteiger partial charge < -0.3 is 14.2 Å². The number of nitrogens with zero attached hydrogens (tertiary/aromatic N) is 5. The minimum atomic E-state index is -0.0804. The van der Waals surface area contributed by atoms with Gasteiger partial charge in [0.15, 0.2) is 17.5 Å². The van der Waals surface area contributed by atoms with Gasteiger partial charge in [-0.15, -0.1) is 0 Å². The highest BCUT2D eigenvalue weighted by Crippen LogP contribution is 2.46. The summed E-state index contributed by atoms with van der Waals surface area (Å²) in [7, 11) is 0. The SMILES string of the molecule is CC(C)(C)c1ccc(-c2nc(-c3ccc(C(C)(C)C)cc3)nc(-c3cccc4c5ccccc5n(-c5cc6c7c(c5)N(c5ccc(C(C)(C)C)cc5)c5ccc(C(C)(C)C)cc5B7c5cc(C(C)(C)C)ccc5O6)c34)n2)cc1. The molecule has 12 rings (SSSR count). The van der Waals surface area contributed by atoms with E-state index in [4.69, 9.17) is 19.7 Å². The topological polar surface area (TPSA) is 56.1 Å². The Morgan fingerprint density at radius 2 is 0.872 bits per heavy atom. The van der Waals surface area contributed by atoms with Crippen LogP contribution in [0.1, 0.15) is 132 Å². The molecule has 0 unspecified atom stereocenters. The number of benzene rings is 8. The van der Waals surface area contributed by atoms with E-state index >= 15 is 0 Å². The number of hydrogen-bond donors (Lipinski definition) is 0. The smallest absolute Gasteiger partial charge is 0.256 e. The second kappa shape index (κ2) is 17.9. The predicted molar refractivity (Wildman–Crippen MR) is 330 cm³/mol. The van der Waals surface area contributed by atoms with Crippen LogP contribution in [-0.4, -0.2) is 26.2 Å². The van der Waals surface area contributed by atoms with Gasteiger partial charge in [0, 0.05) is 50.6 Å². The van der Waals surface area contributed by atoms with E-state index < -0.39 is 0 Å². The second-order valence-corrected chi connectivity index (χ2v) is 27.1. The molecule has 0 radical (unpaired) electrons. The minimum Gasteiger partial charge on any atom is -0.458 e. The van der Waals surface area contributed by atoms with Crippen molar-refractivity contribution in [2.45, 2.75) is 131 Å². The van der Waals surface area contributed by atoms with Crippen LogP contribution in [0.2, 0.25) is 0 Å². The zero-order chi connectivity index (χ0) is 55.0. The standard InChI is InChI=1S/C71H72BN5O/c1-67(2,3)45-27-23-43(24-28-45)64-73-65(44-25-29-46(30-26-44)68(4,5)6)75-66(74-64)54-21-18-20-53-52-19-16-17-22-57(52)77(63(53)54)51-41-59-62-61(42-51)78-60-38-34-49(71(13,14)15)40-56(60)72(62)55-39-48(70(10,11)12)33-37-58(55)76(59)50-35-31-47(32-36-50)69(7,8)9/h16-42H,1-15H3. The van der Waals surface area contributed by atoms with Crippen molar-refractivity contribution in [1.82, 2.24) is 19.5 Å². The number of hydrogen-bond acceptors (Lipinski definition) is 5. The first-order chi connectivity index (χ1) is 36.8. The fourth-order valence-electron chi connectivity index (χ4n) is 11.7. The van der Waals surface area contributed by atoms with E-state index in [1.54, 1.807) is 0 Å². The molecule has 0 saturated carbocycles. The Bertz CT molecular complexity index is 3930. The summed E-state index contributed by atoms with van der Waals surface area (Å²) in [5.41, 5.74) is 19.1. The Balaban J connectivity index is 1.14. The molecule has 78 heavy (non-hydrogen) atoms. The van der Waals surface area contributed by atoms with E-state index in [1.807, 2.05) is 0 Å². The maximum Gasteiger partial charge on any atom is 0.256 e. The fraction of sp³-hybridized carbons (Fsp3) is 0.282. The summed E-state index contributed by atoms with van der Waals surface area (Å²) in [6.07, 6.45) is 0. The average molecular weight is 1020 g/mol. The summed E-state index contributed by atoms with van der Waals surface area (Å²) in [4.78, 5) is 18.6. The average Bonchev–Trinajstić information content (AvgIpc) is 3.70. The Kier molecular flexibility index (Phi) is 11.7. The van der Waals surface area contributed by atoms with Crippen LogP contribution in [0.5, 0.6) is 11.5 Å². The molecular weight excluding hydrogens is 950 g/mol. The number of ether oxygens (including phenoxy) is 1. The molecule has 4 heterocycles. The summed E-state index contributed by atoms with van der Waals surface area (Å²) >= 11 is 0. The third kappa shape index (κ3) is 8.80. The van der Waals surface area contributed by atoms with Gasteiger partial charge in [0.05, 0.1) is 16.7 Å². The minimum absolute atomic E-state index is 0.000804. The number of rotatable bonds is 5. The van der Waals surface area contributed by atoms with Crippen LogP contribution in [-0.2, 0) is 27.1 Å². The van der Waals surface area contributed by atoms with Crippen molar-refractivity contribution in [2.24, 2.45) is 0 Å². The Morgan fingerprint density at radius 1 is 0.385 bits per heavy atom. The number of aromatic nitrogens is 4. The van der Waals surface area contributed by atoms with Crippen LogP contribution < -0.4 is 26.0 Å². The lowest BCUT2D eigenvalue weighted by Gasteiger charge is -2.41. The molecule has 2 aliphatic rings. The molecule has 0 aliphatic carbocycles. The Hall–Kier alpha value is -7.77. The summed E-state index contributed by atoms with van der Waals surface area (Å²) < 4.78 is 9.77. The molecule has 0 bridgehead atoms. The summed E-state index contributed by atoms with van der Waals surface area (Å²) in [5, 5.41) is 2.25. The molecule has 390 valence electrons. The van der Waals surface area contributed by atoms with Crippen molar-refractivity contribution in [3.63, 3.8) is 0 Å². The molecular formula is C71H72BN5O. The maximum atomic E-state index is 7.35. The van der Waals surface area contributed by atoms with Gasteiger partial charge in [-0.05, 0) is 114 Å². The summed E-state index contributed by atoms with van der Waals surface area (Å²) in [5.74, 6) is 3.59. The van der Waals surface area contributed by atoms with E-state index in [-0.39, 0.29) is 33.8 Å². The van der Waals surface area contributed by atoms with Crippen LogP contribution >= 0.6 is 0 Å². The van der Waals surface area contributed by atoms with Gasteiger partial charge in [-0.3, -0.25) is 0 Å². The van der Waals surface area contributed by atoms with E-state index in [2.05, 4.69) is 277 Å². The van der Waals surface area contributed by atoms with E-state index in [1.165, 1.54) is 49.9 Å². The zero-order valence-corrected chi connectivity index (χ0v) is 48.3. The predicted octanol–water partition coefficient (Wildman–Crippen LogP) is 16.9. The highest BCUT2D eigenvalue weighted by Gasteiger charge is 2.43. The summed E-state index contributed by atoms with van der Waals surface area (Å²) in [6, 6.07) is 60.7. The Labute approximate surface area is 462 Å². The Morgan fingerprint density at radius 3 is 1.44 bits per heavy atom. The maximum absolute atomic E-state index is 7.35. The number of para-hydroxylation sites is 2. The van der Waals surface area contributed by atoms with E-state index in [0.29, 0.717) is 17.5 Å². The van der Waals surface area contributed by atoms with Gasteiger partial charge in [0.25, 0.3) is 6.71 Å². The molecule has 8 aromatic carbocycles. The van der Waals surface area contributed by atoms with Crippen LogP contribution in [0.25, 0.3) is 61.7 Å². The first-order valence-corrected chi connectivity index (χ1v) is 27.9. The lowest BCUT2D eigenvalue weighted by Crippen LogP contribution is -2.60. The van der Waals surface area contributed by atoms with Crippen molar-refractivity contribution < 1.29 is 4.74 Å². The quantitative estimate of drug-likeness (QED) is 0.161. The lowest BCUT2D eigenvalue weighted by molar-refractivity contribution is 0.486. The first-order valence-electron chi connectivity index (χ1n) is 27.9. The van der Waals surface area contributed by atoms with Crippen LogP contribution in [0.15, 0.2) is 164 Å². The van der Waals surface area contributed by atoms with Crippen molar-refractivity contribution in [1.29, 1.82) is 0 Å². The van der Waals surface area contributed by atoms with Gasteiger partial charge in [-0.1, -0.05) is 219 Å². The molecule has 0 atom stereocenters. The van der Waals surface area contributed by atoms with Crippen molar-refractivity contribution in [2.75, 3.05) is 4.90 Å². The third-order valence-corrected chi connectivity index (χ3v) is 16.3. The third-order valence-electron chi connectivity index (χ3n) is 16.3. The molecule has 6 nitrogen and oxygen atoms in total. The highest BCUT2D eigenvalue weighted by atomic mass is 16.5. The molecule has 2 aromatic heterocycles. The van der Waals surface area contributed by atoms with Gasteiger partial charge in [-0.25, -0.2) is 15.0 Å². The first kappa shape index (κ1) is 51.0. The van der Waals surface area contributed by atoms with Crippen LogP contribution in [0, 0.1) is 0 Å². The molecule has 0 fully saturated rings. The van der Waals surface area contributed by atoms with Crippen LogP contribution in [0.3, 0.4) is 0 Å². The van der Waals surface area contributed by atoms with E-state index in [9.17, 15) is 0 Å². The monoisotopic (exact) mass is 1020 g/mol. The number of fused-ring (bicyclic) bond motifs is 7. The second-order valence-electron chi connectivity index (χ2n) is 27.1. The van der Waals surface area contributed by atoms with Gasteiger partial charge in [-0.2, -0.15) is 0 Å². The van der Waals surface area contributed by atoms with Gasteiger partial charge >= 0.3 is 0 Å².